The van der Waals surface area contributed by atoms with E-state index >= 15 is 0 Å². The minimum atomic E-state index is -0.516. The molecule has 152 valence electrons. The number of aromatic nitrogens is 1. The van der Waals surface area contributed by atoms with Crippen molar-refractivity contribution in [1.29, 1.82) is 0 Å². The minimum absolute atomic E-state index is 0.164. The van der Waals surface area contributed by atoms with Crippen molar-refractivity contribution < 1.29 is 14.4 Å². The number of thiocarbonyl (C=S) groups is 1. The van der Waals surface area contributed by atoms with Gasteiger partial charge in [-0.25, -0.2) is 0 Å². The van der Waals surface area contributed by atoms with E-state index in [0.29, 0.717) is 23.2 Å². The van der Waals surface area contributed by atoms with Crippen molar-refractivity contribution in [3.05, 3.63) is 64.8 Å². The number of nitrogens with zero attached hydrogens (tertiary/aromatic N) is 3. The van der Waals surface area contributed by atoms with Crippen LogP contribution in [-0.4, -0.2) is 38.6 Å². The molecule has 0 spiro atoms. The summed E-state index contributed by atoms with van der Waals surface area (Å²) in [6, 6.07) is 10.6. The smallest absolute Gasteiger partial charge is 0.286 e. The average Bonchev–Trinajstić information content (AvgIpc) is 3.20. The fraction of sp³-hybridized carbons (Fsp3) is 0.190. The molecule has 30 heavy (non-hydrogen) atoms. The highest BCUT2D eigenvalue weighted by atomic mass is 32.2. The van der Waals surface area contributed by atoms with Crippen LogP contribution in [0.25, 0.3) is 5.57 Å². The van der Waals surface area contributed by atoms with Gasteiger partial charge in [-0.3, -0.25) is 24.8 Å². The van der Waals surface area contributed by atoms with E-state index in [4.69, 9.17) is 12.2 Å². The monoisotopic (exact) mass is 438 g/mol. The first kappa shape index (κ1) is 20.2. The first-order valence-corrected chi connectivity index (χ1v) is 10.7. The quantitative estimate of drug-likeness (QED) is 0.571. The van der Waals surface area contributed by atoms with Crippen molar-refractivity contribution in [2.75, 3.05) is 11.4 Å². The van der Waals surface area contributed by atoms with Gasteiger partial charge in [0, 0.05) is 24.5 Å². The first-order chi connectivity index (χ1) is 14.5. The van der Waals surface area contributed by atoms with E-state index in [-0.39, 0.29) is 15.1 Å². The van der Waals surface area contributed by atoms with Crippen LogP contribution in [-0.2, 0) is 9.59 Å². The van der Waals surface area contributed by atoms with Gasteiger partial charge < -0.3 is 4.90 Å². The van der Waals surface area contributed by atoms with E-state index in [1.807, 2.05) is 24.3 Å². The third-order valence-corrected chi connectivity index (χ3v) is 6.16. The average molecular weight is 439 g/mol. The molecule has 7 nitrogen and oxygen atoms in total. The topological polar surface area (TPSA) is 82.6 Å². The van der Waals surface area contributed by atoms with E-state index in [1.165, 1.54) is 6.20 Å². The second-order valence-corrected chi connectivity index (χ2v) is 8.37. The molecule has 9 heteroatoms. The number of thioether (sulfide) groups is 1. The Kier molecular flexibility index (Phi) is 5.65. The number of anilines is 1. The molecule has 3 amide bonds. The van der Waals surface area contributed by atoms with Crippen molar-refractivity contribution >= 4 is 57.3 Å². The molecule has 0 saturated carbocycles. The standard InChI is InChI=1S/C21H18N4O3S2/c1-2-3-11-24-15-9-5-4-8-14(15)16(19(24)27)17-20(28)25(21(29)30-17)23-18(26)13-7-6-10-22-12-13/h4-10,12H,2-3,11H2,1H3,(H,23,26). The molecular formula is C21H18N4O3S2. The molecule has 0 unspecified atom stereocenters. The number of benzene rings is 1. The number of hydrogen-bond acceptors (Lipinski definition) is 6. The van der Waals surface area contributed by atoms with Crippen LogP contribution in [0.5, 0.6) is 0 Å². The number of unbranched alkanes of at least 4 members (excludes halogenated alkanes) is 1. The van der Waals surface area contributed by atoms with E-state index in [0.717, 1.165) is 35.3 Å². The van der Waals surface area contributed by atoms with E-state index in [1.54, 1.807) is 23.2 Å². The Bertz CT molecular complexity index is 1080. The Morgan fingerprint density at radius 2 is 1.97 bits per heavy atom. The maximum absolute atomic E-state index is 13.2. The molecule has 2 aromatic rings. The van der Waals surface area contributed by atoms with Gasteiger partial charge in [0.1, 0.15) is 0 Å². The number of hydrazine groups is 1. The Labute approximate surface area is 183 Å². The van der Waals surface area contributed by atoms with Gasteiger partial charge in [-0.15, -0.1) is 0 Å². The summed E-state index contributed by atoms with van der Waals surface area (Å²) >= 11 is 6.33. The summed E-state index contributed by atoms with van der Waals surface area (Å²) in [5.41, 5.74) is 4.64. The van der Waals surface area contributed by atoms with E-state index in [2.05, 4.69) is 17.3 Å². The van der Waals surface area contributed by atoms with Gasteiger partial charge in [0.05, 0.1) is 21.7 Å². The lowest BCUT2D eigenvalue weighted by atomic mass is 10.1. The number of carbonyl (C=O) groups excluding carboxylic acids is 3. The van der Waals surface area contributed by atoms with E-state index in [9.17, 15) is 14.4 Å². The number of nitrogens with one attached hydrogen (secondary N) is 1. The predicted octanol–water partition coefficient (Wildman–Crippen LogP) is 3.14. The number of para-hydroxylation sites is 1. The van der Waals surface area contributed by atoms with Gasteiger partial charge in [-0.05, 0) is 36.8 Å². The van der Waals surface area contributed by atoms with Crippen molar-refractivity contribution in [2.45, 2.75) is 19.8 Å². The molecule has 0 atom stereocenters. The number of fused-ring (bicyclic) bond motifs is 1. The van der Waals surface area contributed by atoms with Crippen LogP contribution in [0, 0.1) is 0 Å². The largest absolute Gasteiger partial charge is 0.308 e. The maximum Gasteiger partial charge on any atom is 0.286 e. The van der Waals surface area contributed by atoms with Gasteiger partial charge in [0.15, 0.2) is 4.32 Å². The van der Waals surface area contributed by atoms with Crippen LogP contribution in [0.15, 0.2) is 53.7 Å². The zero-order valence-electron chi connectivity index (χ0n) is 16.1. The number of hydrogen-bond donors (Lipinski definition) is 1. The Balaban J connectivity index is 1.67. The summed E-state index contributed by atoms with van der Waals surface area (Å²) < 4.78 is 0.164. The number of pyridine rings is 1. The maximum atomic E-state index is 13.2. The normalized spacial score (nSPS) is 18.2. The predicted molar refractivity (Wildman–Crippen MR) is 119 cm³/mol. The fourth-order valence-electron chi connectivity index (χ4n) is 3.32. The summed E-state index contributed by atoms with van der Waals surface area (Å²) in [6.45, 7) is 2.64. The van der Waals surface area contributed by atoms with Crippen molar-refractivity contribution in [3.8, 4) is 0 Å². The van der Waals surface area contributed by atoms with Gasteiger partial charge in [0.25, 0.3) is 17.7 Å². The molecule has 3 heterocycles. The molecule has 1 fully saturated rings. The SMILES string of the molecule is CCCCN1C(=O)C(=C2SC(=S)N(NC(=O)c3cccnc3)C2=O)c2ccccc21. The molecule has 1 saturated heterocycles. The second-order valence-electron chi connectivity index (χ2n) is 6.72. The molecule has 2 aliphatic heterocycles. The summed E-state index contributed by atoms with van der Waals surface area (Å²) in [6.07, 6.45) is 4.75. The zero-order valence-corrected chi connectivity index (χ0v) is 17.8. The summed E-state index contributed by atoms with van der Waals surface area (Å²) in [5, 5.41) is 1.02. The van der Waals surface area contributed by atoms with Crippen LogP contribution < -0.4 is 10.3 Å². The highest BCUT2D eigenvalue weighted by Gasteiger charge is 2.42. The highest BCUT2D eigenvalue weighted by molar-refractivity contribution is 8.26. The van der Waals surface area contributed by atoms with Gasteiger partial charge in [0.2, 0.25) is 0 Å². The minimum Gasteiger partial charge on any atom is -0.308 e. The first-order valence-electron chi connectivity index (χ1n) is 9.45. The van der Waals surface area contributed by atoms with Crippen molar-refractivity contribution in [2.24, 2.45) is 0 Å². The number of rotatable bonds is 5. The lowest BCUT2D eigenvalue weighted by Gasteiger charge is -2.16. The van der Waals surface area contributed by atoms with Crippen molar-refractivity contribution in [1.82, 2.24) is 15.4 Å². The molecule has 2 aliphatic rings. The summed E-state index contributed by atoms with van der Waals surface area (Å²) in [7, 11) is 0. The number of carbonyl (C=O) groups is 3. The van der Waals surface area contributed by atoms with Gasteiger partial charge in [-0.1, -0.05) is 43.3 Å². The second kappa shape index (κ2) is 8.37. The van der Waals surface area contributed by atoms with Crippen LogP contribution in [0.4, 0.5) is 5.69 Å². The zero-order chi connectivity index (χ0) is 21.3. The summed E-state index contributed by atoms with van der Waals surface area (Å²) in [4.78, 5) is 44.6. The van der Waals surface area contributed by atoms with Crippen LogP contribution >= 0.6 is 24.0 Å². The molecule has 1 aromatic heterocycles. The van der Waals surface area contributed by atoms with Crippen LogP contribution in [0.2, 0.25) is 0 Å². The van der Waals surface area contributed by atoms with Gasteiger partial charge in [-0.2, -0.15) is 5.01 Å². The Morgan fingerprint density at radius 3 is 2.70 bits per heavy atom. The molecule has 0 bridgehead atoms. The van der Waals surface area contributed by atoms with Gasteiger partial charge >= 0.3 is 0 Å². The molecule has 0 radical (unpaired) electrons. The molecule has 4 rings (SSSR count). The molecule has 1 aromatic carbocycles. The summed E-state index contributed by atoms with van der Waals surface area (Å²) in [5.74, 6) is -1.24. The third kappa shape index (κ3) is 3.50. The molecule has 1 N–H and O–H groups in total. The van der Waals surface area contributed by atoms with Crippen LogP contribution in [0.3, 0.4) is 0 Å². The lowest BCUT2D eigenvalue weighted by molar-refractivity contribution is -0.124. The van der Waals surface area contributed by atoms with E-state index < -0.39 is 11.8 Å². The molecular weight excluding hydrogens is 420 g/mol. The highest BCUT2D eigenvalue weighted by Crippen LogP contribution is 2.44. The fourth-order valence-corrected chi connectivity index (χ4v) is 4.57. The molecule has 0 aliphatic carbocycles. The van der Waals surface area contributed by atoms with Crippen molar-refractivity contribution in [3.63, 3.8) is 0 Å². The Morgan fingerprint density at radius 1 is 1.17 bits per heavy atom. The third-order valence-electron chi connectivity index (χ3n) is 4.79. The Hall–Kier alpha value is -3.04. The van der Waals surface area contributed by atoms with Crippen LogP contribution in [0.1, 0.15) is 35.7 Å². The number of amides is 3. The lowest BCUT2D eigenvalue weighted by Crippen LogP contribution is -2.45.